The molecule has 2 saturated heterocycles. The number of thiazole rings is 2. The second kappa shape index (κ2) is 18.0. The fourth-order valence-electron chi connectivity index (χ4n) is 6.94. The number of nitrogens with zero attached hydrogens (tertiary/aromatic N) is 8. The van der Waals surface area contributed by atoms with E-state index in [-0.39, 0.29) is 39.8 Å². The van der Waals surface area contributed by atoms with E-state index in [9.17, 15) is 9.59 Å². The molecule has 2 atom stereocenters. The average molecular weight is 869 g/mol. The number of amides is 2. The van der Waals surface area contributed by atoms with Crippen LogP contribution in [0.25, 0.3) is 20.4 Å². The van der Waals surface area contributed by atoms with E-state index in [2.05, 4.69) is 63.3 Å². The van der Waals surface area contributed by atoms with Crippen LogP contribution >= 0.6 is 22.7 Å². The molecule has 0 bridgehead atoms. The monoisotopic (exact) mass is 868 g/mol. The minimum Gasteiger partial charge on any atom is -0.436 e. The number of rotatable bonds is 10. The molecule has 62 heavy (non-hydrogen) atoms. The van der Waals surface area contributed by atoms with Crippen molar-refractivity contribution in [3.05, 3.63) is 122 Å². The summed E-state index contributed by atoms with van der Waals surface area (Å²) in [7, 11) is 0. The van der Waals surface area contributed by atoms with Crippen LogP contribution < -0.4 is 40.5 Å². The standard InChI is InChI=1S/2C22H20N6O2S.2H2/c2*1-14-12-28(13-19(29)25-14)20-21(24-11-10-23-20)30-16-8-6-15(7-9-16)26-22-27-17-4-2-3-5-18(17)31-22;;/h2*2-11,14H,12-13H2,1H3,(H,25,29)(H,26,27);2*1H/t2*14-;;/m10../s1. The first-order valence-electron chi connectivity index (χ1n) is 19.8. The van der Waals surface area contributed by atoms with Crippen molar-refractivity contribution in [2.24, 2.45) is 0 Å². The van der Waals surface area contributed by atoms with Crippen LogP contribution in [-0.4, -0.2) is 80.0 Å². The van der Waals surface area contributed by atoms with Crippen molar-refractivity contribution in [3.8, 4) is 23.3 Å². The number of hydrogen-bond acceptors (Lipinski definition) is 16. The number of carbonyl (C=O) groups excluding carboxylic acids is 2. The van der Waals surface area contributed by atoms with Gasteiger partial charge in [0.05, 0.1) is 33.5 Å². The maximum atomic E-state index is 11.9. The molecule has 2 aliphatic rings. The molecule has 2 fully saturated rings. The van der Waals surface area contributed by atoms with Crippen molar-refractivity contribution < 1.29 is 21.9 Å². The van der Waals surface area contributed by atoms with Gasteiger partial charge in [-0.1, -0.05) is 46.9 Å². The summed E-state index contributed by atoms with van der Waals surface area (Å²) in [6.07, 6.45) is 6.36. The summed E-state index contributed by atoms with van der Waals surface area (Å²) in [5.74, 6) is 3.03. The normalized spacial score (nSPS) is 16.2. The maximum Gasteiger partial charge on any atom is 0.263 e. The van der Waals surface area contributed by atoms with Crippen LogP contribution in [0.15, 0.2) is 122 Å². The number of carbonyl (C=O) groups is 2. The van der Waals surface area contributed by atoms with E-state index < -0.39 is 0 Å². The van der Waals surface area contributed by atoms with E-state index >= 15 is 0 Å². The third kappa shape index (κ3) is 9.61. The molecule has 0 radical (unpaired) electrons. The SMILES string of the molecule is C[C@@H]1CN(c2nccnc2Oc2ccc(Nc3nc4ccccc4s3)cc2)CC(=O)N1.C[C@H]1CN(c2nccnc2Oc2ccc(Nc3nc4ccccc4s3)cc2)CC(=O)N1.[HH].[HH]. The fraction of sp³-hybridized carbons (Fsp3) is 0.182. The summed E-state index contributed by atoms with van der Waals surface area (Å²) in [5.41, 5.74) is 3.77. The predicted octanol–water partition coefficient (Wildman–Crippen LogP) is 8.39. The molecule has 0 unspecified atom stereocenters. The van der Waals surface area contributed by atoms with E-state index in [1.54, 1.807) is 47.5 Å². The number of ether oxygens (including phenoxy) is 2. The van der Waals surface area contributed by atoms with Gasteiger partial charge in [0.25, 0.3) is 11.8 Å². The highest BCUT2D eigenvalue weighted by molar-refractivity contribution is 7.22. The molecule has 4 aromatic carbocycles. The quantitative estimate of drug-likeness (QED) is 0.103. The number of aromatic nitrogens is 6. The first kappa shape index (κ1) is 40.0. The number of nitrogens with one attached hydrogen (secondary N) is 4. The summed E-state index contributed by atoms with van der Waals surface area (Å²) in [6.45, 7) is 5.66. The van der Waals surface area contributed by atoms with Crippen LogP contribution in [0.1, 0.15) is 16.7 Å². The van der Waals surface area contributed by atoms with E-state index in [4.69, 9.17) is 9.47 Å². The number of piperazine rings is 2. The number of para-hydroxylation sites is 2. The molecular formula is C44H44N12O4S2. The van der Waals surface area contributed by atoms with Gasteiger partial charge >= 0.3 is 0 Å². The van der Waals surface area contributed by atoms with Gasteiger partial charge in [0, 0.05) is 64.2 Å². The summed E-state index contributed by atoms with van der Waals surface area (Å²) >= 11 is 3.21. The zero-order valence-electron chi connectivity index (χ0n) is 33.6. The molecule has 16 nitrogen and oxygen atoms in total. The Hall–Kier alpha value is -7.44. The average Bonchev–Trinajstić information content (AvgIpc) is 3.88. The molecule has 10 rings (SSSR count). The Bertz CT molecular complexity index is 2590. The van der Waals surface area contributed by atoms with Gasteiger partial charge in [-0.3, -0.25) is 9.59 Å². The van der Waals surface area contributed by atoms with Gasteiger partial charge in [0.15, 0.2) is 21.9 Å². The molecule has 0 aliphatic carbocycles. The second-order valence-electron chi connectivity index (χ2n) is 14.5. The molecule has 8 aromatic rings. The van der Waals surface area contributed by atoms with Crippen LogP contribution in [0.4, 0.5) is 33.3 Å². The van der Waals surface area contributed by atoms with Crippen molar-refractivity contribution in [3.63, 3.8) is 0 Å². The minimum absolute atomic E-state index is 0. The predicted molar refractivity (Wildman–Crippen MR) is 247 cm³/mol. The first-order chi connectivity index (χ1) is 30.3. The molecule has 4 aromatic heterocycles. The number of hydrogen-bond donors (Lipinski definition) is 4. The smallest absolute Gasteiger partial charge is 0.263 e. The highest BCUT2D eigenvalue weighted by Gasteiger charge is 2.27. The van der Waals surface area contributed by atoms with E-state index in [1.165, 1.54) is 0 Å². The summed E-state index contributed by atoms with van der Waals surface area (Å²) in [6, 6.07) is 31.3. The Labute approximate surface area is 367 Å². The Balaban J connectivity index is 0.000000186. The van der Waals surface area contributed by atoms with Crippen molar-refractivity contribution in [1.82, 2.24) is 40.5 Å². The van der Waals surface area contributed by atoms with E-state index in [0.29, 0.717) is 48.0 Å². The summed E-state index contributed by atoms with van der Waals surface area (Å²) < 4.78 is 14.3. The van der Waals surface area contributed by atoms with Crippen LogP contribution in [0.5, 0.6) is 23.3 Å². The lowest BCUT2D eigenvalue weighted by molar-refractivity contribution is -0.122. The molecule has 2 aliphatic heterocycles. The first-order valence-corrected chi connectivity index (χ1v) is 21.4. The van der Waals surface area contributed by atoms with Crippen LogP contribution in [-0.2, 0) is 9.59 Å². The topological polar surface area (TPSA) is 185 Å². The number of fused-ring (bicyclic) bond motifs is 2. The van der Waals surface area contributed by atoms with Gasteiger partial charge in [-0.15, -0.1) is 0 Å². The Morgan fingerprint density at radius 2 is 0.984 bits per heavy atom. The lowest BCUT2D eigenvalue weighted by Gasteiger charge is -2.32. The van der Waals surface area contributed by atoms with Crippen LogP contribution in [0, 0.1) is 0 Å². The molecule has 2 amide bonds. The number of anilines is 6. The highest BCUT2D eigenvalue weighted by atomic mass is 32.1. The fourth-order valence-corrected chi connectivity index (χ4v) is 8.71. The van der Waals surface area contributed by atoms with Crippen LogP contribution in [0.2, 0.25) is 0 Å². The molecule has 0 saturated carbocycles. The van der Waals surface area contributed by atoms with Gasteiger partial charge in [0.1, 0.15) is 11.5 Å². The lowest BCUT2D eigenvalue weighted by Crippen LogP contribution is -2.53. The van der Waals surface area contributed by atoms with Crippen molar-refractivity contribution >= 4 is 88.2 Å². The van der Waals surface area contributed by atoms with Gasteiger partial charge < -0.3 is 40.5 Å². The molecule has 18 heteroatoms. The molecular weight excluding hydrogens is 825 g/mol. The number of benzene rings is 4. The van der Waals surface area contributed by atoms with Crippen molar-refractivity contribution in [2.45, 2.75) is 25.9 Å². The maximum absolute atomic E-state index is 11.9. The van der Waals surface area contributed by atoms with Crippen molar-refractivity contribution in [1.29, 1.82) is 0 Å². The second-order valence-corrected chi connectivity index (χ2v) is 16.6. The van der Waals surface area contributed by atoms with Gasteiger partial charge in [0.2, 0.25) is 11.8 Å². The zero-order valence-corrected chi connectivity index (χ0v) is 35.2. The molecule has 316 valence electrons. The minimum atomic E-state index is -0.0411. The molecule has 6 heterocycles. The largest absolute Gasteiger partial charge is 0.436 e. The Kier molecular flexibility index (Phi) is 11.6. The Morgan fingerprint density at radius 3 is 1.39 bits per heavy atom. The summed E-state index contributed by atoms with van der Waals surface area (Å²) in [4.78, 5) is 54.3. The van der Waals surface area contributed by atoms with Gasteiger partial charge in [-0.25, -0.2) is 29.9 Å². The van der Waals surface area contributed by atoms with Gasteiger partial charge in [-0.05, 0) is 86.6 Å². The van der Waals surface area contributed by atoms with E-state index in [1.807, 2.05) is 109 Å². The Morgan fingerprint density at radius 1 is 0.581 bits per heavy atom. The van der Waals surface area contributed by atoms with Crippen LogP contribution in [0.3, 0.4) is 0 Å². The van der Waals surface area contributed by atoms with Gasteiger partial charge in [-0.2, -0.15) is 0 Å². The lowest BCUT2D eigenvalue weighted by atomic mass is 10.2. The zero-order chi connectivity index (χ0) is 42.4. The third-order valence-corrected chi connectivity index (χ3v) is 11.5. The van der Waals surface area contributed by atoms with Crippen molar-refractivity contribution in [2.75, 3.05) is 46.6 Å². The summed E-state index contributed by atoms with van der Waals surface area (Å²) in [5, 5.41) is 14.1. The molecule has 0 spiro atoms. The third-order valence-electron chi connectivity index (χ3n) is 9.59. The van der Waals surface area contributed by atoms with E-state index in [0.717, 1.165) is 42.1 Å². The highest BCUT2D eigenvalue weighted by Crippen LogP contribution is 2.34. The molecule has 4 N–H and O–H groups in total.